The molecule has 3 atom stereocenters. The Balaban J connectivity index is 1.19. The van der Waals surface area contributed by atoms with Crippen LogP contribution in [0.2, 0.25) is 0 Å². The molecule has 0 bridgehead atoms. The summed E-state index contributed by atoms with van der Waals surface area (Å²) in [6.07, 6.45) is 2.60. The molecule has 1 amide bonds. The molecule has 2 aliphatic carbocycles. The lowest BCUT2D eigenvalue weighted by molar-refractivity contribution is -0.144. The van der Waals surface area contributed by atoms with E-state index in [-0.39, 0.29) is 31.3 Å². The van der Waals surface area contributed by atoms with Crippen LogP contribution >= 0.6 is 0 Å². The van der Waals surface area contributed by atoms with Crippen molar-refractivity contribution in [3.05, 3.63) is 83.2 Å². The number of fused-ring (bicyclic) bond motifs is 3. The minimum atomic E-state index is -0.972. The van der Waals surface area contributed by atoms with E-state index in [0.29, 0.717) is 6.42 Å². The van der Waals surface area contributed by atoms with Gasteiger partial charge in [-0.1, -0.05) is 48.5 Å². The normalized spacial score (nSPS) is 22.5. The molecule has 7 heteroatoms. The molecule has 2 N–H and O–H groups in total. The fraction of sp³-hybridized carbons (Fsp3) is 0.321. The Morgan fingerprint density at radius 1 is 1.03 bits per heavy atom. The van der Waals surface area contributed by atoms with E-state index in [1.807, 2.05) is 41.1 Å². The minimum absolute atomic E-state index is 0.0377. The molecular weight excluding hydrogens is 444 g/mol. The molecule has 0 fully saturated rings. The number of amides is 1. The predicted molar refractivity (Wildman–Crippen MR) is 128 cm³/mol. The number of hydrogen-bond acceptors (Lipinski definition) is 4. The molecule has 3 aliphatic rings. The molecule has 178 valence electrons. The van der Waals surface area contributed by atoms with Gasteiger partial charge in [0.25, 0.3) is 0 Å². The maximum absolute atomic E-state index is 13.2. The topological polar surface area (TPSA) is 97.6 Å². The van der Waals surface area contributed by atoms with Gasteiger partial charge >= 0.3 is 12.1 Å². The summed E-state index contributed by atoms with van der Waals surface area (Å²) in [5.41, 5.74) is 6.50. The molecule has 0 saturated carbocycles. The van der Waals surface area contributed by atoms with Crippen LogP contribution in [-0.4, -0.2) is 40.2 Å². The molecule has 6 rings (SSSR count). The molecule has 0 radical (unpaired) electrons. The minimum Gasteiger partial charge on any atom is -0.481 e. The number of hydrogen-bond donors (Lipinski definition) is 2. The van der Waals surface area contributed by atoms with Crippen molar-refractivity contribution < 1.29 is 24.2 Å². The number of ketones is 1. The average Bonchev–Trinajstić information content (AvgIpc) is 3.36. The first-order valence-corrected chi connectivity index (χ1v) is 12.1. The molecule has 7 nitrogen and oxygen atoms in total. The number of carboxylic acids is 1. The summed E-state index contributed by atoms with van der Waals surface area (Å²) >= 11 is 0. The van der Waals surface area contributed by atoms with Crippen LogP contribution in [0.25, 0.3) is 11.1 Å². The van der Waals surface area contributed by atoms with E-state index in [9.17, 15) is 19.5 Å². The largest absolute Gasteiger partial charge is 0.481 e. The summed E-state index contributed by atoms with van der Waals surface area (Å²) in [6.45, 7) is 0.471. The van der Waals surface area contributed by atoms with Crippen molar-refractivity contribution in [2.75, 3.05) is 6.61 Å². The number of rotatable bonds is 4. The van der Waals surface area contributed by atoms with Crippen LogP contribution in [0.1, 0.15) is 47.1 Å². The molecule has 0 spiro atoms. The van der Waals surface area contributed by atoms with E-state index < -0.39 is 29.9 Å². The number of aliphatic carboxylic acids is 1. The number of carboxylic acid groups (broad SMARTS) is 1. The number of Topliss-reactive ketones (excluding diaryl/α,β-unsaturated/α-hetero) is 1. The van der Waals surface area contributed by atoms with Gasteiger partial charge in [-0.3, -0.25) is 9.59 Å². The van der Waals surface area contributed by atoms with Crippen LogP contribution in [0, 0.1) is 5.92 Å². The van der Waals surface area contributed by atoms with E-state index in [2.05, 4.69) is 29.6 Å². The highest BCUT2D eigenvalue weighted by molar-refractivity contribution is 5.91. The zero-order valence-corrected chi connectivity index (χ0v) is 19.1. The lowest BCUT2D eigenvalue weighted by atomic mass is 9.79. The van der Waals surface area contributed by atoms with Crippen molar-refractivity contribution >= 4 is 17.8 Å². The number of nitrogens with one attached hydrogen (secondary N) is 1. The Morgan fingerprint density at radius 2 is 1.71 bits per heavy atom. The molecular formula is C28H26N2O5. The van der Waals surface area contributed by atoms with E-state index in [4.69, 9.17) is 4.74 Å². The molecule has 0 saturated heterocycles. The average molecular weight is 471 g/mol. The first-order valence-electron chi connectivity index (χ1n) is 12.1. The third-order valence-corrected chi connectivity index (χ3v) is 7.72. The highest BCUT2D eigenvalue weighted by Gasteiger charge is 2.42. The Bertz CT molecular complexity index is 1300. The van der Waals surface area contributed by atoms with Gasteiger partial charge in [0.1, 0.15) is 12.4 Å². The van der Waals surface area contributed by atoms with Crippen LogP contribution in [-0.2, 0) is 27.3 Å². The quantitative estimate of drug-likeness (QED) is 0.598. The van der Waals surface area contributed by atoms with Crippen LogP contribution in [0.5, 0.6) is 0 Å². The van der Waals surface area contributed by atoms with E-state index >= 15 is 0 Å². The number of ether oxygens (including phenoxy) is 1. The summed E-state index contributed by atoms with van der Waals surface area (Å²) in [4.78, 5) is 37.8. The molecule has 3 unspecified atom stereocenters. The van der Waals surface area contributed by atoms with Gasteiger partial charge in [-0.15, -0.1) is 0 Å². The Labute approximate surface area is 202 Å². The second-order valence-electron chi connectivity index (χ2n) is 9.68. The van der Waals surface area contributed by atoms with Crippen LogP contribution in [0.15, 0.2) is 60.8 Å². The van der Waals surface area contributed by atoms with Crippen LogP contribution in [0.3, 0.4) is 0 Å². The molecule has 2 heterocycles. The Kier molecular flexibility index (Phi) is 5.20. The molecule has 2 aromatic carbocycles. The van der Waals surface area contributed by atoms with E-state index in [1.54, 1.807) is 0 Å². The summed E-state index contributed by atoms with van der Waals surface area (Å²) < 4.78 is 7.60. The standard InChI is InChI=1S/C28H26N2O5/c31-24-13-17(27(32)33)14-30-12-11-16-9-10-23(25(24)26(16)30)29-28(34)35-15-22-20-7-3-1-5-18(20)19-6-2-4-8-21(19)22/h1-8,11-12,17,22-23,25H,9-10,13-15H2,(H,29,34)(H,32,33). The number of carbonyl (C=O) groups is 3. The van der Waals surface area contributed by atoms with Gasteiger partial charge < -0.3 is 19.7 Å². The van der Waals surface area contributed by atoms with Crippen molar-refractivity contribution in [1.82, 2.24) is 9.88 Å². The summed E-state index contributed by atoms with van der Waals surface area (Å²) in [5, 5.41) is 12.5. The first-order chi connectivity index (χ1) is 17.0. The van der Waals surface area contributed by atoms with Crippen LogP contribution < -0.4 is 5.32 Å². The molecule has 3 aromatic rings. The first kappa shape index (κ1) is 21.6. The summed E-state index contributed by atoms with van der Waals surface area (Å²) in [7, 11) is 0. The van der Waals surface area contributed by atoms with Crippen LogP contribution in [0.4, 0.5) is 4.79 Å². The summed E-state index contributed by atoms with van der Waals surface area (Å²) in [5.74, 6) is -2.47. The van der Waals surface area contributed by atoms with E-state index in [0.717, 1.165) is 39.9 Å². The third-order valence-electron chi connectivity index (χ3n) is 7.72. The highest BCUT2D eigenvalue weighted by Crippen LogP contribution is 2.44. The zero-order valence-electron chi connectivity index (χ0n) is 19.1. The fourth-order valence-corrected chi connectivity index (χ4v) is 6.11. The van der Waals surface area contributed by atoms with Gasteiger partial charge in [-0.25, -0.2) is 4.79 Å². The monoisotopic (exact) mass is 470 g/mol. The van der Waals surface area contributed by atoms with Gasteiger partial charge in [0, 0.05) is 36.8 Å². The Hall–Kier alpha value is -3.87. The van der Waals surface area contributed by atoms with Crippen molar-refractivity contribution in [2.45, 2.75) is 43.7 Å². The van der Waals surface area contributed by atoms with Gasteiger partial charge in [0.2, 0.25) is 0 Å². The number of alkyl carbamates (subject to hydrolysis) is 1. The lowest BCUT2D eigenvalue weighted by Crippen LogP contribution is -2.45. The van der Waals surface area contributed by atoms with Gasteiger partial charge in [-0.05, 0) is 46.7 Å². The van der Waals surface area contributed by atoms with Crippen molar-refractivity contribution in [3.63, 3.8) is 0 Å². The summed E-state index contributed by atoms with van der Waals surface area (Å²) in [6, 6.07) is 17.9. The number of carbonyl (C=O) groups excluding carboxylic acids is 2. The number of benzene rings is 2. The number of aromatic nitrogens is 1. The smallest absolute Gasteiger partial charge is 0.407 e. The van der Waals surface area contributed by atoms with Gasteiger partial charge in [0.05, 0.1) is 11.8 Å². The zero-order chi connectivity index (χ0) is 24.1. The third kappa shape index (κ3) is 3.62. The van der Waals surface area contributed by atoms with Gasteiger partial charge in [-0.2, -0.15) is 0 Å². The fourth-order valence-electron chi connectivity index (χ4n) is 6.11. The molecule has 35 heavy (non-hydrogen) atoms. The second-order valence-corrected chi connectivity index (χ2v) is 9.68. The molecule has 1 aliphatic heterocycles. The van der Waals surface area contributed by atoms with Gasteiger partial charge in [0.15, 0.2) is 0 Å². The van der Waals surface area contributed by atoms with Crippen molar-refractivity contribution in [1.29, 1.82) is 0 Å². The lowest BCUT2D eigenvalue weighted by Gasteiger charge is -2.31. The highest BCUT2D eigenvalue weighted by atomic mass is 16.5. The Morgan fingerprint density at radius 3 is 2.40 bits per heavy atom. The van der Waals surface area contributed by atoms with Crippen molar-refractivity contribution in [2.24, 2.45) is 5.92 Å². The number of aryl methyl sites for hydroxylation is 1. The molecule has 1 aromatic heterocycles. The maximum atomic E-state index is 13.2. The van der Waals surface area contributed by atoms with Crippen molar-refractivity contribution in [3.8, 4) is 11.1 Å². The predicted octanol–water partition coefficient (Wildman–Crippen LogP) is 4.10. The van der Waals surface area contributed by atoms with E-state index in [1.165, 1.54) is 0 Å². The SMILES string of the molecule is O=C(NC1CCc2ccn3c2C1C(=O)CC(C(=O)O)C3)OCC1c2ccccc2-c2ccccc21. The maximum Gasteiger partial charge on any atom is 0.407 e. The number of nitrogens with zero attached hydrogens (tertiary/aromatic N) is 1. The second kappa shape index (κ2) is 8.41.